The monoisotopic (exact) mass is 344 g/mol. The van der Waals surface area contributed by atoms with Gasteiger partial charge in [0.1, 0.15) is 5.82 Å². The normalized spacial score (nSPS) is 17.5. The van der Waals surface area contributed by atoms with Crippen LogP contribution in [0.4, 0.5) is 17.6 Å². The Labute approximate surface area is 135 Å². The Bertz CT molecular complexity index is 763. The largest absolute Gasteiger partial charge is 0.449 e. The van der Waals surface area contributed by atoms with E-state index in [0.717, 1.165) is 16.7 Å². The maximum atomic E-state index is 13.3. The van der Waals surface area contributed by atoms with E-state index in [1.165, 1.54) is 6.07 Å². The lowest BCUT2D eigenvalue weighted by atomic mass is 10.0. The molecule has 1 saturated heterocycles. The van der Waals surface area contributed by atoms with Gasteiger partial charge in [-0.2, -0.15) is 13.2 Å². The number of likely N-dealkylation sites (tertiary alicyclic amines) is 1. The highest BCUT2D eigenvalue weighted by Crippen LogP contribution is 2.36. The number of imidazole rings is 1. The fourth-order valence-electron chi connectivity index (χ4n) is 3.20. The maximum Gasteiger partial charge on any atom is 0.449 e. The molecule has 3 rings (SSSR count). The summed E-state index contributed by atoms with van der Waals surface area (Å²) in [6.45, 7) is 1.02. The topological polar surface area (TPSA) is 64.2 Å². The van der Waals surface area contributed by atoms with Crippen LogP contribution in [0.1, 0.15) is 24.7 Å². The number of nitrogens with zero attached hydrogens (tertiary/aromatic N) is 3. The zero-order valence-corrected chi connectivity index (χ0v) is 12.7. The van der Waals surface area contributed by atoms with Gasteiger partial charge in [-0.25, -0.2) is 9.37 Å². The van der Waals surface area contributed by atoms with Crippen molar-refractivity contribution in [1.82, 2.24) is 14.5 Å². The van der Waals surface area contributed by atoms with Gasteiger partial charge in [0.05, 0.1) is 17.6 Å². The van der Waals surface area contributed by atoms with Gasteiger partial charge in [-0.05, 0) is 25.0 Å². The van der Waals surface area contributed by atoms with E-state index in [9.17, 15) is 22.4 Å². The fraction of sp³-hybridized carbons (Fsp3) is 0.467. The average Bonchev–Trinajstić information content (AvgIpc) is 2.86. The zero-order chi connectivity index (χ0) is 17.5. The number of primary amides is 1. The Hall–Kier alpha value is -2.16. The van der Waals surface area contributed by atoms with Gasteiger partial charge in [0.15, 0.2) is 0 Å². The Morgan fingerprint density at radius 3 is 2.54 bits per heavy atom. The summed E-state index contributed by atoms with van der Waals surface area (Å²) in [6.07, 6.45) is -3.77. The number of carbonyl (C=O) groups is 1. The van der Waals surface area contributed by atoms with Gasteiger partial charge in [0.2, 0.25) is 11.7 Å². The molecule has 0 aliphatic carbocycles. The molecular formula is C15H16F4N4O. The third-order valence-corrected chi connectivity index (χ3v) is 4.21. The van der Waals surface area contributed by atoms with Gasteiger partial charge < -0.3 is 10.3 Å². The molecule has 2 heterocycles. The molecule has 1 aromatic carbocycles. The van der Waals surface area contributed by atoms with Crippen LogP contribution in [0.2, 0.25) is 0 Å². The van der Waals surface area contributed by atoms with Crippen LogP contribution in [0, 0.1) is 5.82 Å². The number of alkyl halides is 3. The van der Waals surface area contributed by atoms with Crippen molar-refractivity contribution in [1.29, 1.82) is 0 Å². The number of nitrogens with two attached hydrogens (primary N) is 1. The minimum atomic E-state index is -4.63. The number of amides is 1. The highest BCUT2D eigenvalue weighted by Gasteiger charge is 2.40. The van der Waals surface area contributed by atoms with E-state index in [2.05, 4.69) is 4.98 Å². The first-order chi connectivity index (χ1) is 11.3. The standard InChI is InChI=1S/C15H16F4N4O/c16-9-1-2-12-11(7-9)21-14(15(17,18)19)23(12)10-3-5-22(6-4-10)8-13(20)24/h1-2,7,10H,3-6,8H2,(H2,20,24). The quantitative estimate of drug-likeness (QED) is 0.869. The number of aromatic nitrogens is 2. The minimum absolute atomic E-state index is 0.0121. The van der Waals surface area contributed by atoms with E-state index < -0.39 is 29.8 Å². The molecule has 0 unspecified atom stereocenters. The average molecular weight is 344 g/mol. The first kappa shape index (κ1) is 16.7. The van der Waals surface area contributed by atoms with Crippen molar-refractivity contribution >= 4 is 16.9 Å². The molecular weight excluding hydrogens is 328 g/mol. The van der Waals surface area contributed by atoms with Gasteiger partial charge in [0.25, 0.3) is 0 Å². The number of carbonyl (C=O) groups excluding carboxylic acids is 1. The summed E-state index contributed by atoms with van der Waals surface area (Å²) in [7, 11) is 0. The molecule has 1 aliphatic heterocycles. The third-order valence-electron chi connectivity index (χ3n) is 4.21. The number of hydrogen-bond donors (Lipinski definition) is 1. The lowest BCUT2D eigenvalue weighted by Gasteiger charge is -2.33. The number of fused-ring (bicyclic) bond motifs is 1. The molecule has 0 atom stereocenters. The van der Waals surface area contributed by atoms with Crippen LogP contribution in [0.3, 0.4) is 0 Å². The summed E-state index contributed by atoms with van der Waals surface area (Å²) in [5, 5.41) is 0. The van der Waals surface area contributed by atoms with Crippen molar-refractivity contribution in [2.45, 2.75) is 25.1 Å². The fourth-order valence-corrected chi connectivity index (χ4v) is 3.20. The summed E-state index contributed by atoms with van der Waals surface area (Å²) in [6, 6.07) is 3.04. The van der Waals surface area contributed by atoms with Gasteiger partial charge in [-0.3, -0.25) is 9.69 Å². The van der Waals surface area contributed by atoms with Gasteiger partial charge >= 0.3 is 6.18 Å². The molecule has 130 valence electrons. The molecule has 0 saturated carbocycles. The van der Waals surface area contributed by atoms with Crippen molar-refractivity contribution in [3.63, 3.8) is 0 Å². The number of benzene rings is 1. The third kappa shape index (κ3) is 3.21. The van der Waals surface area contributed by atoms with E-state index in [0.29, 0.717) is 25.9 Å². The van der Waals surface area contributed by atoms with E-state index in [-0.39, 0.29) is 17.6 Å². The Balaban J connectivity index is 1.95. The van der Waals surface area contributed by atoms with Crippen LogP contribution in [0.5, 0.6) is 0 Å². The number of rotatable bonds is 3. The second-order valence-electron chi connectivity index (χ2n) is 5.91. The summed E-state index contributed by atoms with van der Waals surface area (Å²) in [5.41, 5.74) is 5.39. The van der Waals surface area contributed by atoms with Crippen molar-refractivity contribution in [3.8, 4) is 0 Å². The second-order valence-corrected chi connectivity index (χ2v) is 5.91. The maximum absolute atomic E-state index is 13.3. The first-order valence-electron chi connectivity index (χ1n) is 7.51. The molecule has 1 aromatic heterocycles. The molecule has 2 aromatic rings. The van der Waals surface area contributed by atoms with Crippen LogP contribution in [-0.2, 0) is 11.0 Å². The first-order valence-corrected chi connectivity index (χ1v) is 7.51. The van der Waals surface area contributed by atoms with Crippen molar-refractivity contribution in [3.05, 3.63) is 29.8 Å². The molecule has 9 heteroatoms. The SMILES string of the molecule is NC(=O)CN1CCC(n2c(C(F)(F)F)nc3cc(F)ccc32)CC1. The van der Waals surface area contributed by atoms with Crippen molar-refractivity contribution in [2.24, 2.45) is 5.73 Å². The van der Waals surface area contributed by atoms with E-state index in [1.807, 2.05) is 4.90 Å². The molecule has 1 fully saturated rings. The Morgan fingerprint density at radius 2 is 1.96 bits per heavy atom. The molecule has 0 radical (unpaired) electrons. The molecule has 1 amide bonds. The lowest BCUT2D eigenvalue weighted by molar-refractivity contribution is -0.147. The van der Waals surface area contributed by atoms with E-state index in [4.69, 9.17) is 5.73 Å². The lowest BCUT2D eigenvalue weighted by Crippen LogP contribution is -2.40. The summed E-state index contributed by atoms with van der Waals surface area (Å²) in [4.78, 5) is 16.4. The molecule has 1 aliphatic rings. The van der Waals surface area contributed by atoms with Crippen LogP contribution in [-0.4, -0.2) is 40.0 Å². The molecule has 5 nitrogen and oxygen atoms in total. The van der Waals surface area contributed by atoms with Crippen LogP contribution >= 0.6 is 0 Å². The van der Waals surface area contributed by atoms with Crippen LogP contribution in [0.25, 0.3) is 11.0 Å². The predicted octanol–water partition coefficient (Wildman–Crippen LogP) is 2.32. The summed E-state index contributed by atoms with van der Waals surface area (Å²) < 4.78 is 54.5. The minimum Gasteiger partial charge on any atom is -0.369 e. The van der Waals surface area contributed by atoms with E-state index in [1.54, 1.807) is 0 Å². The molecule has 2 N–H and O–H groups in total. The van der Waals surface area contributed by atoms with Crippen molar-refractivity contribution in [2.75, 3.05) is 19.6 Å². The van der Waals surface area contributed by atoms with Crippen LogP contribution in [0.15, 0.2) is 18.2 Å². The van der Waals surface area contributed by atoms with Crippen molar-refractivity contribution < 1.29 is 22.4 Å². The van der Waals surface area contributed by atoms with Gasteiger partial charge in [-0.15, -0.1) is 0 Å². The van der Waals surface area contributed by atoms with Gasteiger partial charge in [-0.1, -0.05) is 0 Å². The van der Waals surface area contributed by atoms with E-state index >= 15 is 0 Å². The second kappa shape index (κ2) is 6.04. The molecule has 0 bridgehead atoms. The predicted molar refractivity (Wildman–Crippen MR) is 78.6 cm³/mol. The molecule has 24 heavy (non-hydrogen) atoms. The summed E-state index contributed by atoms with van der Waals surface area (Å²) >= 11 is 0. The van der Waals surface area contributed by atoms with Crippen LogP contribution < -0.4 is 5.73 Å². The molecule has 0 spiro atoms. The Morgan fingerprint density at radius 1 is 1.29 bits per heavy atom. The summed E-state index contributed by atoms with van der Waals surface area (Å²) in [5.74, 6) is -2.11. The number of hydrogen-bond acceptors (Lipinski definition) is 3. The Kier molecular flexibility index (Phi) is 4.20. The van der Waals surface area contributed by atoms with Gasteiger partial charge in [0, 0.05) is 25.2 Å². The zero-order valence-electron chi connectivity index (χ0n) is 12.7. The number of halogens is 4. The highest BCUT2D eigenvalue weighted by atomic mass is 19.4. The highest BCUT2D eigenvalue weighted by molar-refractivity contribution is 5.77. The smallest absolute Gasteiger partial charge is 0.369 e. The number of piperidine rings is 1.